The molecular weight excluding hydrogens is 202 g/mol. The van der Waals surface area contributed by atoms with Gasteiger partial charge in [0.1, 0.15) is 0 Å². The molecule has 0 fully saturated rings. The number of nitrogens with two attached hydrogens (primary N) is 1. The zero-order valence-corrected chi connectivity index (χ0v) is 7.91. The standard InChI is InChI=1S/C9H8F2N4/c1-15-9(7(12)4-14-15)8-5(10)2-13-3-6(8)11/h2-4H,12H2,1H3. The molecule has 0 aliphatic rings. The number of hydrogen-bond donors (Lipinski definition) is 1. The van der Waals surface area contributed by atoms with Crippen molar-refractivity contribution in [3.05, 3.63) is 30.2 Å². The predicted molar refractivity (Wildman–Crippen MR) is 50.8 cm³/mol. The molecule has 78 valence electrons. The Morgan fingerprint density at radius 3 is 2.27 bits per heavy atom. The zero-order valence-electron chi connectivity index (χ0n) is 7.91. The third kappa shape index (κ3) is 1.43. The first kappa shape index (κ1) is 9.57. The molecule has 2 aromatic heterocycles. The average Bonchev–Trinajstić information content (AvgIpc) is 2.49. The first-order valence-corrected chi connectivity index (χ1v) is 4.18. The van der Waals surface area contributed by atoms with Gasteiger partial charge in [-0.15, -0.1) is 0 Å². The van der Waals surface area contributed by atoms with Crippen molar-refractivity contribution < 1.29 is 8.78 Å². The van der Waals surface area contributed by atoms with Crippen LogP contribution in [0.5, 0.6) is 0 Å². The number of aromatic nitrogens is 3. The molecule has 0 atom stereocenters. The van der Waals surface area contributed by atoms with Gasteiger partial charge >= 0.3 is 0 Å². The Bertz CT molecular complexity index is 467. The molecule has 0 bridgehead atoms. The maximum atomic E-state index is 13.4. The second-order valence-corrected chi connectivity index (χ2v) is 3.05. The van der Waals surface area contributed by atoms with Crippen LogP contribution in [-0.4, -0.2) is 14.8 Å². The number of aryl methyl sites for hydroxylation is 1. The Morgan fingerprint density at radius 2 is 1.80 bits per heavy atom. The van der Waals surface area contributed by atoms with Crippen molar-refractivity contribution in [3.63, 3.8) is 0 Å². The molecule has 2 heterocycles. The molecule has 0 spiro atoms. The monoisotopic (exact) mass is 210 g/mol. The van der Waals surface area contributed by atoms with E-state index in [4.69, 9.17) is 5.73 Å². The lowest BCUT2D eigenvalue weighted by molar-refractivity contribution is 0.575. The van der Waals surface area contributed by atoms with Crippen molar-refractivity contribution in [2.75, 3.05) is 5.73 Å². The van der Waals surface area contributed by atoms with Gasteiger partial charge in [0.15, 0.2) is 11.6 Å². The predicted octanol–water partition coefficient (Wildman–Crippen LogP) is 1.34. The van der Waals surface area contributed by atoms with E-state index < -0.39 is 11.6 Å². The summed E-state index contributed by atoms with van der Waals surface area (Å²) >= 11 is 0. The Labute approximate surface area is 84.4 Å². The van der Waals surface area contributed by atoms with Gasteiger partial charge in [0.2, 0.25) is 0 Å². The number of nitrogen functional groups attached to an aromatic ring is 1. The van der Waals surface area contributed by atoms with Crippen molar-refractivity contribution in [2.24, 2.45) is 7.05 Å². The highest BCUT2D eigenvalue weighted by Crippen LogP contribution is 2.28. The van der Waals surface area contributed by atoms with E-state index in [2.05, 4.69) is 10.1 Å². The Kier molecular flexibility index (Phi) is 2.11. The number of hydrogen-bond acceptors (Lipinski definition) is 3. The summed E-state index contributed by atoms with van der Waals surface area (Å²) in [5.41, 5.74) is 5.81. The first-order valence-electron chi connectivity index (χ1n) is 4.18. The molecule has 0 radical (unpaired) electrons. The molecule has 6 heteroatoms. The van der Waals surface area contributed by atoms with Gasteiger partial charge in [-0.2, -0.15) is 5.10 Å². The normalized spacial score (nSPS) is 10.6. The maximum absolute atomic E-state index is 13.4. The molecule has 0 aromatic carbocycles. The van der Waals surface area contributed by atoms with E-state index in [1.807, 2.05) is 0 Å². The molecule has 0 amide bonds. The summed E-state index contributed by atoms with van der Waals surface area (Å²) in [6.45, 7) is 0. The van der Waals surface area contributed by atoms with Gasteiger partial charge in [0, 0.05) is 7.05 Å². The summed E-state index contributed by atoms with van der Waals surface area (Å²) < 4.78 is 28.1. The van der Waals surface area contributed by atoms with Crippen LogP contribution in [0.25, 0.3) is 11.3 Å². The first-order chi connectivity index (χ1) is 7.11. The van der Waals surface area contributed by atoms with Crippen LogP contribution in [0.4, 0.5) is 14.5 Å². The lowest BCUT2D eigenvalue weighted by Crippen LogP contribution is -2.01. The van der Waals surface area contributed by atoms with Crippen molar-refractivity contribution in [3.8, 4) is 11.3 Å². The molecule has 0 aliphatic heterocycles. The van der Waals surface area contributed by atoms with Crippen LogP contribution < -0.4 is 5.73 Å². The fourth-order valence-corrected chi connectivity index (χ4v) is 1.40. The van der Waals surface area contributed by atoms with Gasteiger partial charge in [-0.25, -0.2) is 8.78 Å². The highest BCUT2D eigenvalue weighted by atomic mass is 19.1. The van der Waals surface area contributed by atoms with E-state index in [9.17, 15) is 8.78 Å². The van der Waals surface area contributed by atoms with Gasteiger partial charge in [-0.1, -0.05) is 0 Å². The van der Waals surface area contributed by atoms with E-state index in [1.54, 1.807) is 7.05 Å². The Balaban J connectivity index is 2.74. The number of nitrogens with zero attached hydrogens (tertiary/aromatic N) is 3. The van der Waals surface area contributed by atoms with E-state index in [0.717, 1.165) is 12.4 Å². The van der Waals surface area contributed by atoms with E-state index in [-0.39, 0.29) is 16.9 Å². The smallest absolute Gasteiger partial charge is 0.153 e. The topological polar surface area (TPSA) is 56.7 Å². The van der Waals surface area contributed by atoms with Crippen LogP contribution in [0.1, 0.15) is 0 Å². The number of halogens is 2. The quantitative estimate of drug-likeness (QED) is 0.772. The minimum Gasteiger partial charge on any atom is -0.396 e. The molecule has 0 saturated carbocycles. The maximum Gasteiger partial charge on any atom is 0.153 e. The highest BCUT2D eigenvalue weighted by molar-refractivity contribution is 5.72. The summed E-state index contributed by atoms with van der Waals surface area (Å²) in [4.78, 5) is 3.39. The van der Waals surface area contributed by atoms with Crippen molar-refractivity contribution in [1.82, 2.24) is 14.8 Å². The fourth-order valence-electron chi connectivity index (χ4n) is 1.40. The lowest BCUT2D eigenvalue weighted by Gasteiger charge is -2.05. The van der Waals surface area contributed by atoms with E-state index in [1.165, 1.54) is 10.9 Å². The summed E-state index contributed by atoms with van der Waals surface area (Å²) in [5.74, 6) is -1.52. The van der Waals surface area contributed by atoms with Crippen molar-refractivity contribution >= 4 is 5.69 Å². The second-order valence-electron chi connectivity index (χ2n) is 3.05. The molecule has 0 unspecified atom stereocenters. The highest BCUT2D eigenvalue weighted by Gasteiger charge is 2.17. The molecular formula is C9H8F2N4. The molecule has 2 aromatic rings. The summed E-state index contributed by atoms with van der Waals surface area (Å²) in [6.07, 6.45) is 3.21. The summed E-state index contributed by atoms with van der Waals surface area (Å²) in [5, 5.41) is 3.81. The van der Waals surface area contributed by atoms with Gasteiger partial charge < -0.3 is 5.73 Å². The third-order valence-electron chi connectivity index (χ3n) is 2.06. The van der Waals surface area contributed by atoms with E-state index in [0.29, 0.717) is 0 Å². The molecule has 4 nitrogen and oxygen atoms in total. The Hall–Kier alpha value is -1.98. The van der Waals surface area contributed by atoms with Gasteiger partial charge in [-0.3, -0.25) is 9.67 Å². The molecule has 2 rings (SSSR count). The van der Waals surface area contributed by atoms with Gasteiger partial charge in [0.25, 0.3) is 0 Å². The molecule has 0 saturated heterocycles. The number of pyridine rings is 1. The van der Waals surface area contributed by atoms with Gasteiger partial charge in [0.05, 0.1) is 35.5 Å². The molecule has 15 heavy (non-hydrogen) atoms. The SMILES string of the molecule is Cn1ncc(N)c1-c1c(F)cncc1F. The van der Waals surface area contributed by atoms with Gasteiger partial charge in [-0.05, 0) is 0 Å². The number of anilines is 1. The van der Waals surface area contributed by atoms with Crippen molar-refractivity contribution in [2.45, 2.75) is 0 Å². The minimum absolute atomic E-state index is 0.206. The molecule has 2 N–H and O–H groups in total. The van der Waals surface area contributed by atoms with Crippen LogP contribution >= 0.6 is 0 Å². The zero-order chi connectivity index (χ0) is 11.0. The minimum atomic E-state index is -0.759. The van der Waals surface area contributed by atoms with Crippen LogP contribution in [0.3, 0.4) is 0 Å². The molecule has 0 aliphatic carbocycles. The summed E-state index contributed by atoms with van der Waals surface area (Å²) in [6, 6.07) is 0. The summed E-state index contributed by atoms with van der Waals surface area (Å²) in [7, 11) is 1.56. The van der Waals surface area contributed by atoms with Crippen LogP contribution in [0.2, 0.25) is 0 Å². The average molecular weight is 210 g/mol. The van der Waals surface area contributed by atoms with Crippen LogP contribution in [-0.2, 0) is 7.05 Å². The van der Waals surface area contributed by atoms with Crippen LogP contribution in [0, 0.1) is 11.6 Å². The Morgan fingerprint density at radius 1 is 1.20 bits per heavy atom. The van der Waals surface area contributed by atoms with Crippen LogP contribution in [0.15, 0.2) is 18.6 Å². The lowest BCUT2D eigenvalue weighted by atomic mass is 10.1. The van der Waals surface area contributed by atoms with Crippen molar-refractivity contribution in [1.29, 1.82) is 0 Å². The van der Waals surface area contributed by atoms with E-state index >= 15 is 0 Å². The fraction of sp³-hybridized carbons (Fsp3) is 0.111. The third-order valence-corrected chi connectivity index (χ3v) is 2.06. The number of rotatable bonds is 1. The second kappa shape index (κ2) is 3.30. The largest absolute Gasteiger partial charge is 0.396 e.